The predicted molar refractivity (Wildman–Crippen MR) is 109 cm³/mol. The standard InChI is InChI=1S/C20H17ClN2O3S/c1-2-13-6-8-16(9-7-13)22-18(24)12-23-19(25)17(27-20(23)26)11-14-4-3-5-15(21)10-14/h3-11H,2,12H2,1H3,(H,22,24)/b17-11+. The van der Waals surface area contributed by atoms with Crippen molar-refractivity contribution in [1.82, 2.24) is 4.90 Å². The number of hydrogen-bond donors (Lipinski definition) is 1. The number of nitrogens with one attached hydrogen (secondary N) is 1. The van der Waals surface area contributed by atoms with E-state index in [0.717, 1.165) is 28.6 Å². The Hall–Kier alpha value is -2.57. The van der Waals surface area contributed by atoms with Crippen molar-refractivity contribution < 1.29 is 14.4 Å². The van der Waals surface area contributed by atoms with E-state index in [4.69, 9.17) is 11.6 Å². The van der Waals surface area contributed by atoms with E-state index in [0.29, 0.717) is 16.3 Å². The topological polar surface area (TPSA) is 66.5 Å². The molecule has 2 aromatic rings. The number of carbonyl (C=O) groups is 3. The number of benzene rings is 2. The molecular weight excluding hydrogens is 384 g/mol. The van der Waals surface area contributed by atoms with Gasteiger partial charge in [0.25, 0.3) is 11.1 Å². The summed E-state index contributed by atoms with van der Waals surface area (Å²) in [5.41, 5.74) is 2.50. The molecule has 3 rings (SSSR count). The summed E-state index contributed by atoms with van der Waals surface area (Å²) in [4.78, 5) is 38.1. The van der Waals surface area contributed by atoms with E-state index in [2.05, 4.69) is 5.32 Å². The second-order valence-corrected chi connectivity index (χ2v) is 7.35. The Morgan fingerprint density at radius 2 is 1.93 bits per heavy atom. The lowest BCUT2D eigenvalue weighted by Gasteiger charge is -2.12. The molecule has 0 saturated carbocycles. The fourth-order valence-corrected chi connectivity index (χ4v) is 3.59. The number of thioether (sulfide) groups is 1. The summed E-state index contributed by atoms with van der Waals surface area (Å²) in [5, 5.41) is 2.77. The number of halogens is 1. The normalized spacial score (nSPS) is 15.5. The molecule has 0 radical (unpaired) electrons. The lowest BCUT2D eigenvalue weighted by atomic mass is 10.1. The van der Waals surface area contributed by atoms with Crippen LogP contribution in [-0.2, 0) is 16.0 Å². The molecule has 0 aromatic heterocycles. The molecule has 0 spiro atoms. The van der Waals surface area contributed by atoms with Crippen molar-refractivity contribution in [2.24, 2.45) is 0 Å². The number of anilines is 1. The average Bonchev–Trinajstić information content (AvgIpc) is 2.90. The summed E-state index contributed by atoms with van der Waals surface area (Å²) in [6, 6.07) is 14.4. The first kappa shape index (κ1) is 19.2. The number of carbonyl (C=O) groups excluding carboxylic acids is 3. The molecule has 7 heteroatoms. The van der Waals surface area contributed by atoms with Gasteiger partial charge in [0.05, 0.1) is 4.91 Å². The minimum atomic E-state index is -0.485. The summed E-state index contributed by atoms with van der Waals surface area (Å²) in [5.74, 6) is -0.910. The van der Waals surface area contributed by atoms with Crippen LogP contribution in [0.5, 0.6) is 0 Å². The Morgan fingerprint density at radius 3 is 2.59 bits per heavy atom. The van der Waals surface area contributed by atoms with Crippen LogP contribution in [0.2, 0.25) is 5.02 Å². The third-order valence-electron chi connectivity index (χ3n) is 3.97. The van der Waals surface area contributed by atoms with Gasteiger partial charge in [-0.1, -0.05) is 42.8 Å². The molecule has 0 bridgehead atoms. The average molecular weight is 401 g/mol. The van der Waals surface area contributed by atoms with E-state index in [9.17, 15) is 14.4 Å². The van der Waals surface area contributed by atoms with E-state index in [1.54, 1.807) is 42.5 Å². The van der Waals surface area contributed by atoms with Crippen LogP contribution in [0, 0.1) is 0 Å². The smallest absolute Gasteiger partial charge is 0.294 e. The molecule has 0 unspecified atom stereocenters. The van der Waals surface area contributed by atoms with Gasteiger partial charge < -0.3 is 5.32 Å². The molecule has 1 aliphatic heterocycles. The van der Waals surface area contributed by atoms with Gasteiger partial charge in [-0.05, 0) is 59.7 Å². The van der Waals surface area contributed by atoms with E-state index >= 15 is 0 Å². The van der Waals surface area contributed by atoms with Crippen molar-refractivity contribution in [2.45, 2.75) is 13.3 Å². The highest BCUT2D eigenvalue weighted by atomic mass is 35.5. The lowest BCUT2D eigenvalue weighted by molar-refractivity contribution is -0.127. The number of hydrogen-bond acceptors (Lipinski definition) is 4. The Balaban J connectivity index is 1.67. The molecule has 27 heavy (non-hydrogen) atoms. The highest BCUT2D eigenvalue weighted by Crippen LogP contribution is 2.32. The van der Waals surface area contributed by atoms with Gasteiger partial charge in [-0.2, -0.15) is 0 Å². The Bertz CT molecular complexity index is 925. The maximum atomic E-state index is 12.5. The van der Waals surface area contributed by atoms with Gasteiger partial charge in [0.1, 0.15) is 6.54 Å². The van der Waals surface area contributed by atoms with E-state index in [1.165, 1.54) is 0 Å². The fraction of sp³-hybridized carbons (Fsp3) is 0.150. The number of rotatable bonds is 5. The van der Waals surface area contributed by atoms with Crippen LogP contribution in [0.4, 0.5) is 10.5 Å². The van der Waals surface area contributed by atoms with Crippen molar-refractivity contribution in [3.05, 3.63) is 69.6 Å². The number of nitrogens with zero attached hydrogens (tertiary/aromatic N) is 1. The molecule has 1 aliphatic rings. The van der Waals surface area contributed by atoms with Crippen molar-refractivity contribution in [1.29, 1.82) is 0 Å². The Labute approximate surface area is 166 Å². The van der Waals surface area contributed by atoms with Crippen molar-refractivity contribution in [2.75, 3.05) is 11.9 Å². The molecule has 2 aromatic carbocycles. The van der Waals surface area contributed by atoms with Crippen molar-refractivity contribution >= 4 is 52.2 Å². The molecule has 0 aliphatic carbocycles. The molecule has 1 heterocycles. The summed E-state index contributed by atoms with van der Waals surface area (Å²) in [6.07, 6.45) is 2.50. The highest BCUT2D eigenvalue weighted by molar-refractivity contribution is 8.18. The zero-order valence-corrected chi connectivity index (χ0v) is 16.1. The molecule has 3 amide bonds. The zero-order chi connectivity index (χ0) is 19.4. The minimum Gasteiger partial charge on any atom is -0.325 e. The first-order chi connectivity index (χ1) is 13.0. The van der Waals surface area contributed by atoms with Crippen LogP contribution in [0.25, 0.3) is 6.08 Å². The van der Waals surface area contributed by atoms with Crippen molar-refractivity contribution in [3.8, 4) is 0 Å². The summed E-state index contributed by atoms with van der Waals surface area (Å²) in [7, 11) is 0. The third-order valence-corrected chi connectivity index (χ3v) is 5.11. The molecular formula is C20H17ClN2O3S. The van der Waals surface area contributed by atoms with Gasteiger partial charge in [-0.3, -0.25) is 19.3 Å². The van der Waals surface area contributed by atoms with Gasteiger partial charge in [0.15, 0.2) is 0 Å². The van der Waals surface area contributed by atoms with E-state index in [1.807, 2.05) is 19.1 Å². The lowest BCUT2D eigenvalue weighted by Crippen LogP contribution is -2.36. The first-order valence-corrected chi connectivity index (χ1v) is 9.55. The van der Waals surface area contributed by atoms with Gasteiger partial charge in [-0.25, -0.2) is 0 Å². The van der Waals surface area contributed by atoms with Crippen LogP contribution < -0.4 is 5.32 Å². The maximum absolute atomic E-state index is 12.5. The molecule has 1 fully saturated rings. The first-order valence-electron chi connectivity index (χ1n) is 8.36. The highest BCUT2D eigenvalue weighted by Gasteiger charge is 2.36. The Morgan fingerprint density at radius 1 is 1.19 bits per heavy atom. The number of aryl methyl sites for hydroxylation is 1. The largest absolute Gasteiger partial charge is 0.325 e. The number of imide groups is 1. The van der Waals surface area contributed by atoms with Gasteiger partial charge in [-0.15, -0.1) is 0 Å². The van der Waals surface area contributed by atoms with E-state index < -0.39 is 17.1 Å². The zero-order valence-electron chi connectivity index (χ0n) is 14.6. The van der Waals surface area contributed by atoms with Crippen LogP contribution in [0.1, 0.15) is 18.1 Å². The quantitative estimate of drug-likeness (QED) is 0.746. The van der Waals surface area contributed by atoms with Gasteiger partial charge in [0.2, 0.25) is 5.91 Å². The SMILES string of the molecule is CCc1ccc(NC(=O)CN2C(=O)S/C(=C/c3cccc(Cl)c3)C2=O)cc1. The second kappa shape index (κ2) is 8.41. The minimum absolute atomic E-state index is 0.266. The molecule has 5 nitrogen and oxygen atoms in total. The molecule has 138 valence electrons. The fourth-order valence-electron chi connectivity index (χ4n) is 2.55. The molecule has 1 N–H and O–H groups in total. The second-order valence-electron chi connectivity index (χ2n) is 5.92. The molecule has 0 atom stereocenters. The van der Waals surface area contributed by atoms with Crippen LogP contribution in [0.3, 0.4) is 0 Å². The van der Waals surface area contributed by atoms with Crippen LogP contribution in [0.15, 0.2) is 53.4 Å². The maximum Gasteiger partial charge on any atom is 0.294 e. The summed E-state index contributed by atoms with van der Waals surface area (Å²) in [6.45, 7) is 1.72. The van der Waals surface area contributed by atoms with E-state index in [-0.39, 0.29) is 11.4 Å². The summed E-state index contributed by atoms with van der Waals surface area (Å²) >= 11 is 6.75. The predicted octanol–water partition coefficient (Wildman–Crippen LogP) is 4.58. The van der Waals surface area contributed by atoms with Gasteiger partial charge >= 0.3 is 0 Å². The van der Waals surface area contributed by atoms with Crippen LogP contribution >= 0.6 is 23.4 Å². The van der Waals surface area contributed by atoms with Crippen LogP contribution in [-0.4, -0.2) is 28.5 Å². The molecule has 1 saturated heterocycles. The summed E-state index contributed by atoms with van der Waals surface area (Å²) < 4.78 is 0. The third kappa shape index (κ3) is 4.78. The van der Waals surface area contributed by atoms with Gasteiger partial charge in [0, 0.05) is 10.7 Å². The monoisotopic (exact) mass is 400 g/mol. The Kier molecular flexibility index (Phi) is 5.98. The van der Waals surface area contributed by atoms with Crippen molar-refractivity contribution in [3.63, 3.8) is 0 Å². The number of amides is 3.